The second-order valence-corrected chi connectivity index (χ2v) is 4.34. The van der Waals surface area contributed by atoms with Crippen molar-refractivity contribution >= 4 is 33.8 Å². The molecule has 8 nitrogen and oxygen atoms in total. The Kier molecular flexibility index (Phi) is 2.82. The molecule has 0 unspecified atom stereocenters. The first-order chi connectivity index (χ1) is 9.66. The Balaban J connectivity index is 2.11. The number of anilines is 1. The van der Waals surface area contributed by atoms with E-state index in [4.69, 9.17) is 16.9 Å². The molecule has 0 fully saturated rings. The highest BCUT2D eigenvalue weighted by atomic mass is 15.1. The van der Waals surface area contributed by atoms with E-state index in [1.54, 1.807) is 12.5 Å². The van der Waals surface area contributed by atoms with E-state index in [9.17, 15) is 0 Å². The normalized spacial score (nSPS) is 11.0. The number of pyridine rings is 2. The van der Waals surface area contributed by atoms with Gasteiger partial charge in [0, 0.05) is 19.3 Å². The summed E-state index contributed by atoms with van der Waals surface area (Å²) in [5, 5.41) is 9.91. The van der Waals surface area contributed by atoms with Crippen LogP contribution in [-0.2, 0) is 6.54 Å². The lowest BCUT2D eigenvalue weighted by atomic mass is 10.2. The van der Waals surface area contributed by atoms with Crippen LogP contribution in [0, 0.1) is 5.41 Å². The Hall–Kier alpha value is -2.90. The number of guanidine groups is 1. The molecule has 0 radical (unpaired) electrons. The van der Waals surface area contributed by atoms with Gasteiger partial charge in [-0.3, -0.25) is 10.4 Å². The maximum Gasteiger partial charge on any atom is 0.185 e. The molecule has 102 valence electrons. The van der Waals surface area contributed by atoms with Crippen molar-refractivity contribution in [2.75, 3.05) is 12.3 Å². The van der Waals surface area contributed by atoms with Crippen LogP contribution in [0.3, 0.4) is 0 Å². The van der Waals surface area contributed by atoms with E-state index in [1.165, 1.54) is 0 Å². The number of nitrogen functional groups attached to an aromatic ring is 1. The number of nitrogens with one attached hydrogen (secondary N) is 2. The quantitative estimate of drug-likeness (QED) is 0.392. The molecule has 3 aromatic heterocycles. The van der Waals surface area contributed by atoms with E-state index >= 15 is 0 Å². The summed E-state index contributed by atoms with van der Waals surface area (Å²) in [5.41, 5.74) is 14.2. The minimum atomic E-state index is -0.0569. The number of rotatable bonds is 3. The van der Waals surface area contributed by atoms with Gasteiger partial charge in [0.1, 0.15) is 16.6 Å². The number of nitrogens with zero attached hydrogens (tertiary/aromatic N) is 4. The highest BCUT2D eigenvalue weighted by Gasteiger charge is 2.12. The lowest BCUT2D eigenvalue weighted by Crippen LogP contribution is -2.32. The molecule has 0 amide bonds. The number of hydrogen-bond acceptors (Lipinski definition) is 5. The molecule has 8 heteroatoms. The van der Waals surface area contributed by atoms with E-state index in [1.807, 2.05) is 16.7 Å². The first kappa shape index (κ1) is 12.2. The van der Waals surface area contributed by atoms with Crippen LogP contribution in [0.2, 0.25) is 0 Å². The van der Waals surface area contributed by atoms with Gasteiger partial charge in [-0.1, -0.05) is 0 Å². The summed E-state index contributed by atoms with van der Waals surface area (Å²) in [4.78, 5) is 12.9. The summed E-state index contributed by atoms with van der Waals surface area (Å²) in [6, 6.07) is 3.68. The lowest BCUT2D eigenvalue weighted by molar-refractivity contribution is 0.687. The summed E-state index contributed by atoms with van der Waals surface area (Å²) in [6.07, 6.45) is 3.41. The molecule has 6 N–H and O–H groups in total. The summed E-state index contributed by atoms with van der Waals surface area (Å²) in [5.74, 6) is 0.331. The molecule has 0 aromatic carbocycles. The summed E-state index contributed by atoms with van der Waals surface area (Å²) >= 11 is 0. The van der Waals surface area contributed by atoms with Gasteiger partial charge in [-0.05, 0) is 12.1 Å². The van der Waals surface area contributed by atoms with Crippen molar-refractivity contribution in [1.29, 1.82) is 5.41 Å². The second-order valence-electron chi connectivity index (χ2n) is 4.34. The molecule has 0 bridgehead atoms. The van der Waals surface area contributed by atoms with Crippen LogP contribution in [0.15, 0.2) is 24.7 Å². The standard InChI is InChI=1S/C12H14N8/c13-11-9-10(8-7(19-11)2-1-3-16-8)20(6-18-9)5-4-17-12(14)15/h1-3,6H,4-5H2,(H2,13,19)(H4,14,15,17). The van der Waals surface area contributed by atoms with Gasteiger partial charge in [0.15, 0.2) is 11.8 Å². The van der Waals surface area contributed by atoms with Gasteiger partial charge >= 0.3 is 0 Å². The van der Waals surface area contributed by atoms with Crippen molar-refractivity contribution in [3.05, 3.63) is 24.7 Å². The predicted octanol–water partition coefficient (Wildman–Crippen LogP) is 0.0448. The van der Waals surface area contributed by atoms with Crippen molar-refractivity contribution in [3.63, 3.8) is 0 Å². The maximum atomic E-state index is 7.15. The fourth-order valence-corrected chi connectivity index (χ4v) is 2.15. The smallest absolute Gasteiger partial charge is 0.185 e. The van der Waals surface area contributed by atoms with Gasteiger partial charge in [-0.2, -0.15) is 0 Å². The third-order valence-corrected chi connectivity index (χ3v) is 3.00. The molecule has 0 spiro atoms. The van der Waals surface area contributed by atoms with E-state index < -0.39 is 0 Å². The van der Waals surface area contributed by atoms with Crippen LogP contribution in [-0.4, -0.2) is 32.0 Å². The van der Waals surface area contributed by atoms with Crippen molar-refractivity contribution in [1.82, 2.24) is 24.8 Å². The molecule has 0 aliphatic heterocycles. The van der Waals surface area contributed by atoms with E-state index in [0.29, 0.717) is 24.4 Å². The average Bonchev–Trinajstić information content (AvgIpc) is 2.83. The van der Waals surface area contributed by atoms with Gasteiger partial charge in [0.25, 0.3) is 0 Å². The zero-order valence-corrected chi connectivity index (χ0v) is 10.7. The predicted molar refractivity (Wildman–Crippen MR) is 77.2 cm³/mol. The summed E-state index contributed by atoms with van der Waals surface area (Å²) in [6.45, 7) is 1.13. The van der Waals surface area contributed by atoms with Crippen molar-refractivity contribution in [2.45, 2.75) is 6.54 Å². The Labute approximate surface area is 114 Å². The molecule has 0 saturated carbocycles. The third kappa shape index (κ3) is 1.96. The van der Waals surface area contributed by atoms with Gasteiger partial charge < -0.3 is 21.4 Å². The van der Waals surface area contributed by atoms with Gasteiger partial charge in [-0.15, -0.1) is 0 Å². The Morgan fingerprint density at radius 2 is 2.20 bits per heavy atom. The Morgan fingerprint density at radius 3 is 3.00 bits per heavy atom. The zero-order valence-electron chi connectivity index (χ0n) is 10.7. The number of nitrogens with two attached hydrogens (primary N) is 2. The van der Waals surface area contributed by atoms with Crippen LogP contribution in [0.1, 0.15) is 0 Å². The zero-order chi connectivity index (χ0) is 14.1. The maximum absolute atomic E-state index is 7.15. The number of imidazole rings is 1. The highest BCUT2D eigenvalue weighted by molar-refractivity contribution is 6.03. The van der Waals surface area contributed by atoms with E-state index in [-0.39, 0.29) is 5.96 Å². The molecule has 0 aliphatic carbocycles. The van der Waals surface area contributed by atoms with Crippen LogP contribution in [0.4, 0.5) is 5.82 Å². The minimum Gasteiger partial charge on any atom is -0.382 e. The molecule has 3 rings (SSSR count). The van der Waals surface area contributed by atoms with Crippen LogP contribution in [0.25, 0.3) is 22.1 Å². The Morgan fingerprint density at radius 1 is 1.35 bits per heavy atom. The molecular weight excluding hydrogens is 256 g/mol. The Bertz CT molecular complexity index is 791. The number of hydrogen-bond donors (Lipinski definition) is 4. The molecule has 3 heterocycles. The average molecular weight is 270 g/mol. The molecule has 0 atom stereocenters. The van der Waals surface area contributed by atoms with E-state index in [0.717, 1.165) is 16.6 Å². The van der Waals surface area contributed by atoms with Gasteiger partial charge in [0.2, 0.25) is 0 Å². The lowest BCUT2D eigenvalue weighted by Gasteiger charge is -2.07. The van der Waals surface area contributed by atoms with Crippen molar-refractivity contribution in [3.8, 4) is 0 Å². The van der Waals surface area contributed by atoms with Crippen LogP contribution in [0.5, 0.6) is 0 Å². The molecule has 0 saturated heterocycles. The minimum absolute atomic E-state index is 0.0569. The van der Waals surface area contributed by atoms with Gasteiger partial charge in [0.05, 0.1) is 11.8 Å². The largest absolute Gasteiger partial charge is 0.382 e. The molecular formula is C12H14N8. The fourth-order valence-electron chi connectivity index (χ4n) is 2.15. The van der Waals surface area contributed by atoms with Crippen molar-refractivity contribution < 1.29 is 0 Å². The highest BCUT2D eigenvalue weighted by Crippen LogP contribution is 2.25. The molecule has 20 heavy (non-hydrogen) atoms. The summed E-state index contributed by atoms with van der Waals surface area (Å²) in [7, 11) is 0. The number of fused-ring (bicyclic) bond motifs is 3. The molecule has 3 aromatic rings. The SMILES string of the molecule is N=C(N)NCCn1cnc2c(N)nc3cccnc3c21. The number of aromatic nitrogens is 4. The van der Waals surface area contributed by atoms with Crippen LogP contribution >= 0.6 is 0 Å². The first-order valence-corrected chi connectivity index (χ1v) is 6.10. The van der Waals surface area contributed by atoms with Crippen LogP contribution < -0.4 is 16.8 Å². The third-order valence-electron chi connectivity index (χ3n) is 3.00. The molecule has 0 aliphatic rings. The van der Waals surface area contributed by atoms with E-state index in [2.05, 4.69) is 20.3 Å². The monoisotopic (exact) mass is 270 g/mol. The fraction of sp³-hybridized carbons (Fsp3) is 0.167. The van der Waals surface area contributed by atoms with Crippen molar-refractivity contribution in [2.24, 2.45) is 5.73 Å². The topological polar surface area (TPSA) is 132 Å². The first-order valence-electron chi connectivity index (χ1n) is 6.10. The second kappa shape index (κ2) is 4.65. The summed E-state index contributed by atoms with van der Waals surface area (Å²) < 4.78 is 1.93. The van der Waals surface area contributed by atoms with Gasteiger partial charge in [-0.25, -0.2) is 9.97 Å².